The van der Waals surface area contributed by atoms with Gasteiger partial charge in [-0.2, -0.15) is 0 Å². The smallest absolute Gasteiger partial charge is 0.321 e. The van der Waals surface area contributed by atoms with Crippen molar-refractivity contribution in [2.75, 3.05) is 13.1 Å². The van der Waals surface area contributed by atoms with E-state index in [1.54, 1.807) is 0 Å². The fourth-order valence-electron chi connectivity index (χ4n) is 3.09. The molecule has 0 aliphatic carbocycles. The average molecular weight is 259 g/mol. The van der Waals surface area contributed by atoms with Crippen molar-refractivity contribution in [3.05, 3.63) is 35.9 Å². The van der Waals surface area contributed by atoms with Gasteiger partial charge < -0.3 is 4.74 Å². The third-order valence-electron chi connectivity index (χ3n) is 4.49. The molecule has 2 saturated heterocycles. The summed E-state index contributed by atoms with van der Waals surface area (Å²) in [6.07, 6.45) is 0. The minimum atomic E-state index is -0.667. The Balaban J connectivity index is 1.83. The Morgan fingerprint density at radius 2 is 2.00 bits per heavy atom. The molecule has 1 aromatic rings. The van der Waals surface area contributed by atoms with E-state index < -0.39 is 5.41 Å². The van der Waals surface area contributed by atoms with Crippen LogP contribution in [0.5, 0.6) is 0 Å². The Morgan fingerprint density at radius 1 is 1.32 bits per heavy atom. The van der Waals surface area contributed by atoms with Crippen molar-refractivity contribution >= 4 is 11.9 Å². The van der Waals surface area contributed by atoms with Gasteiger partial charge >= 0.3 is 11.9 Å². The number of fused-ring (bicyclic) bond motifs is 1. The van der Waals surface area contributed by atoms with E-state index in [1.165, 1.54) is 5.56 Å². The molecule has 0 bridgehead atoms. The van der Waals surface area contributed by atoms with Crippen LogP contribution in [0.1, 0.15) is 25.5 Å². The molecule has 0 radical (unpaired) electrons. The van der Waals surface area contributed by atoms with Gasteiger partial charge in [0.2, 0.25) is 0 Å². The summed E-state index contributed by atoms with van der Waals surface area (Å²) >= 11 is 0. The highest BCUT2D eigenvalue weighted by Gasteiger charge is 2.60. The van der Waals surface area contributed by atoms with Gasteiger partial charge in [0, 0.05) is 19.1 Å². The first-order valence-electron chi connectivity index (χ1n) is 6.57. The van der Waals surface area contributed by atoms with Gasteiger partial charge in [-0.1, -0.05) is 30.3 Å². The molecule has 4 heteroatoms. The van der Waals surface area contributed by atoms with Crippen molar-refractivity contribution in [2.24, 2.45) is 11.3 Å². The first-order valence-corrected chi connectivity index (χ1v) is 6.57. The second kappa shape index (κ2) is 4.17. The van der Waals surface area contributed by atoms with Crippen molar-refractivity contribution < 1.29 is 14.3 Å². The zero-order valence-electron chi connectivity index (χ0n) is 11.1. The molecule has 2 unspecified atom stereocenters. The van der Waals surface area contributed by atoms with E-state index in [2.05, 4.69) is 24.0 Å². The van der Waals surface area contributed by atoms with Crippen LogP contribution in [0.15, 0.2) is 30.3 Å². The van der Waals surface area contributed by atoms with E-state index in [0.29, 0.717) is 13.1 Å². The van der Waals surface area contributed by atoms with Crippen LogP contribution < -0.4 is 0 Å². The van der Waals surface area contributed by atoms with Gasteiger partial charge in [-0.05, 0) is 19.4 Å². The summed E-state index contributed by atoms with van der Waals surface area (Å²) < 4.78 is 4.76. The number of esters is 2. The second-order valence-corrected chi connectivity index (χ2v) is 5.69. The lowest BCUT2D eigenvalue weighted by Crippen LogP contribution is -2.32. The molecule has 0 amide bonds. The molecular formula is C15H17NO3. The highest BCUT2D eigenvalue weighted by molar-refractivity contribution is 5.99. The van der Waals surface area contributed by atoms with Gasteiger partial charge in [-0.25, -0.2) is 0 Å². The molecule has 2 fully saturated rings. The number of cyclic esters (lactones) is 2. The summed E-state index contributed by atoms with van der Waals surface area (Å²) in [5, 5.41) is 0. The van der Waals surface area contributed by atoms with Crippen LogP contribution in [0.25, 0.3) is 0 Å². The number of ether oxygens (including phenoxy) is 1. The number of likely N-dealkylation sites (tertiary alicyclic amines) is 1. The fraction of sp³-hybridized carbons (Fsp3) is 0.467. The maximum absolute atomic E-state index is 11.8. The summed E-state index contributed by atoms with van der Waals surface area (Å²) in [7, 11) is 0. The zero-order chi connectivity index (χ0) is 13.6. The predicted octanol–water partition coefficient (Wildman–Crippen LogP) is 1.77. The SMILES string of the molecule is C[C@H](c1ccccc1)N1CC2C(=O)OC(=O)C2(C)C1. The first kappa shape index (κ1) is 12.4. The van der Waals surface area contributed by atoms with Crippen LogP contribution >= 0.6 is 0 Å². The largest absolute Gasteiger partial charge is 0.392 e. The quantitative estimate of drug-likeness (QED) is 0.600. The minimum Gasteiger partial charge on any atom is -0.392 e. The number of nitrogens with zero attached hydrogens (tertiary/aromatic N) is 1. The third kappa shape index (κ3) is 1.78. The van der Waals surface area contributed by atoms with Crippen molar-refractivity contribution in [3.8, 4) is 0 Å². The summed E-state index contributed by atoms with van der Waals surface area (Å²) in [6.45, 7) is 5.12. The molecule has 2 heterocycles. The van der Waals surface area contributed by atoms with Crippen LogP contribution in [-0.2, 0) is 14.3 Å². The number of carbonyl (C=O) groups is 2. The highest BCUT2D eigenvalue weighted by atomic mass is 16.6. The molecule has 3 atom stereocenters. The number of hydrogen-bond donors (Lipinski definition) is 0. The first-order chi connectivity index (χ1) is 9.02. The monoisotopic (exact) mass is 259 g/mol. The van der Waals surface area contributed by atoms with Crippen molar-refractivity contribution in [2.45, 2.75) is 19.9 Å². The zero-order valence-corrected chi connectivity index (χ0v) is 11.1. The highest BCUT2D eigenvalue weighted by Crippen LogP contribution is 2.45. The van der Waals surface area contributed by atoms with Gasteiger partial charge in [-0.3, -0.25) is 14.5 Å². The van der Waals surface area contributed by atoms with E-state index in [0.717, 1.165) is 0 Å². The maximum atomic E-state index is 11.8. The van der Waals surface area contributed by atoms with Gasteiger partial charge in [0.25, 0.3) is 0 Å². The normalized spacial score (nSPS) is 32.2. The molecule has 19 heavy (non-hydrogen) atoms. The second-order valence-electron chi connectivity index (χ2n) is 5.69. The standard InChI is InChI=1S/C15H17NO3/c1-10(11-6-4-3-5-7-11)16-8-12-13(17)19-14(18)15(12,2)9-16/h3-7,10,12H,8-9H2,1-2H3/t10-,12?,15?/m1/s1. The van der Waals surface area contributed by atoms with Crippen LogP contribution in [0.4, 0.5) is 0 Å². The third-order valence-corrected chi connectivity index (χ3v) is 4.49. The van der Waals surface area contributed by atoms with Crippen molar-refractivity contribution in [3.63, 3.8) is 0 Å². The fourth-order valence-corrected chi connectivity index (χ4v) is 3.09. The van der Waals surface area contributed by atoms with Crippen LogP contribution in [-0.4, -0.2) is 29.9 Å². The molecule has 0 saturated carbocycles. The Labute approximate surface area is 112 Å². The molecule has 2 aliphatic rings. The minimum absolute atomic E-state index is 0.198. The lowest BCUT2D eigenvalue weighted by atomic mass is 9.82. The molecule has 1 aromatic carbocycles. The number of hydrogen-bond acceptors (Lipinski definition) is 4. The van der Waals surface area contributed by atoms with Crippen molar-refractivity contribution in [1.82, 2.24) is 4.90 Å². The molecular weight excluding hydrogens is 242 g/mol. The lowest BCUT2D eigenvalue weighted by Gasteiger charge is -2.26. The maximum Gasteiger partial charge on any atom is 0.321 e. The Bertz CT molecular complexity index is 527. The van der Waals surface area contributed by atoms with Crippen LogP contribution in [0.3, 0.4) is 0 Å². The number of rotatable bonds is 2. The van der Waals surface area contributed by atoms with E-state index in [1.807, 2.05) is 25.1 Å². The Morgan fingerprint density at radius 3 is 2.63 bits per heavy atom. The molecule has 0 N–H and O–H groups in total. The average Bonchev–Trinajstić information content (AvgIpc) is 2.86. The molecule has 3 rings (SSSR count). The molecule has 4 nitrogen and oxygen atoms in total. The van der Waals surface area contributed by atoms with Crippen molar-refractivity contribution in [1.29, 1.82) is 0 Å². The number of carbonyl (C=O) groups excluding carboxylic acids is 2. The molecule has 100 valence electrons. The van der Waals surface area contributed by atoms with E-state index in [-0.39, 0.29) is 23.9 Å². The number of benzene rings is 1. The summed E-state index contributed by atoms with van der Waals surface area (Å²) in [5.41, 5.74) is 0.534. The molecule has 0 spiro atoms. The molecule has 2 aliphatic heterocycles. The lowest BCUT2D eigenvalue weighted by molar-refractivity contribution is -0.156. The topological polar surface area (TPSA) is 46.6 Å². The van der Waals surface area contributed by atoms with E-state index >= 15 is 0 Å². The Hall–Kier alpha value is -1.68. The molecule has 0 aromatic heterocycles. The predicted molar refractivity (Wildman–Crippen MR) is 69.1 cm³/mol. The van der Waals surface area contributed by atoms with E-state index in [9.17, 15) is 9.59 Å². The summed E-state index contributed by atoms with van der Waals surface area (Å²) in [6, 6.07) is 10.3. The van der Waals surface area contributed by atoms with Gasteiger partial charge in [-0.15, -0.1) is 0 Å². The van der Waals surface area contributed by atoms with Gasteiger partial charge in [0.15, 0.2) is 0 Å². The van der Waals surface area contributed by atoms with Crippen LogP contribution in [0, 0.1) is 11.3 Å². The van der Waals surface area contributed by atoms with Gasteiger partial charge in [0.05, 0.1) is 11.3 Å². The van der Waals surface area contributed by atoms with E-state index in [4.69, 9.17) is 4.74 Å². The summed E-state index contributed by atoms with van der Waals surface area (Å²) in [4.78, 5) is 25.7. The van der Waals surface area contributed by atoms with Crippen LogP contribution in [0.2, 0.25) is 0 Å². The summed E-state index contributed by atoms with van der Waals surface area (Å²) in [5.74, 6) is -1.05. The Kier molecular flexibility index (Phi) is 2.71. The van der Waals surface area contributed by atoms with Gasteiger partial charge in [0.1, 0.15) is 0 Å².